The van der Waals surface area contributed by atoms with Crippen LogP contribution in [0.15, 0.2) is 242 Å². The van der Waals surface area contributed by atoms with Crippen LogP contribution in [0.1, 0.15) is 69.2 Å². The number of carbonyl (C=O) groups is 5. The van der Waals surface area contributed by atoms with Crippen LogP contribution in [-0.4, -0.2) is 202 Å². The van der Waals surface area contributed by atoms with E-state index in [1.54, 1.807) is 173 Å². The number of phosphoric acid groups is 2. The molecule has 128 heavy (non-hydrogen) atoms. The van der Waals surface area contributed by atoms with E-state index in [0.717, 1.165) is 36.2 Å². The minimum atomic E-state index is -4.49. The van der Waals surface area contributed by atoms with E-state index >= 15 is 0 Å². The Bertz CT molecular complexity index is 5380. The second-order valence-corrected chi connectivity index (χ2v) is 31.2. The molecule has 0 saturated carbocycles. The molecule has 10 amide bonds. The fourth-order valence-corrected chi connectivity index (χ4v) is 12.3. The number of carbonyl (C=O) groups excluding carboxylic acids is 5. The third-order valence-electron chi connectivity index (χ3n) is 15.0. The molecular weight excluding hydrogens is 1780 g/mol. The number of amides is 10. The van der Waals surface area contributed by atoms with Gasteiger partial charge in [0.1, 0.15) is 26.9 Å². The molecule has 5 rings (SSSR count). The zero-order valence-corrected chi connectivity index (χ0v) is 76.7. The monoisotopic (exact) mass is 1900 g/mol. The number of rotatable bonds is 49. The van der Waals surface area contributed by atoms with Crippen molar-refractivity contribution in [1.29, 1.82) is 0 Å². The number of urea groups is 5. The van der Waals surface area contributed by atoms with Crippen LogP contribution in [-0.2, 0) is 109 Å². The maximum Gasteiger partial charge on any atom is 0.475 e. The lowest BCUT2D eigenvalue weighted by Crippen LogP contribution is -2.36. The molecule has 0 spiro atoms. The summed E-state index contributed by atoms with van der Waals surface area (Å²) in [4.78, 5) is 143. The van der Waals surface area contributed by atoms with Gasteiger partial charge in [-0.2, -0.15) is 16.8 Å². The minimum absolute atomic E-state index is 0.00641. The zero-order valence-electron chi connectivity index (χ0n) is 72.5. The number of nitrogens with zero attached hydrogens (tertiary/aromatic N) is 15. The van der Waals surface area contributed by atoms with Gasteiger partial charge in [0.25, 0.3) is 0 Å². The van der Waals surface area contributed by atoms with Gasteiger partial charge in [-0.25, -0.2) is 73.8 Å². The summed E-state index contributed by atoms with van der Waals surface area (Å²) in [6.45, 7) is 32.4. The molecule has 0 aliphatic carbocycles. The van der Waals surface area contributed by atoms with Crippen molar-refractivity contribution in [3.8, 4) is 0 Å². The molecule has 7 N–H and O–H groups in total. The summed E-state index contributed by atoms with van der Waals surface area (Å²) in [5, 5.41) is 12.3. The quantitative estimate of drug-likeness (QED) is 0.0146. The van der Waals surface area contributed by atoms with Gasteiger partial charge in [-0.15, -0.1) is 0 Å². The second kappa shape index (κ2) is 62.7. The summed E-state index contributed by atoms with van der Waals surface area (Å²) in [6.07, 6.45) is 53.0. The van der Waals surface area contributed by atoms with Gasteiger partial charge in [0.2, 0.25) is 0 Å². The second-order valence-electron chi connectivity index (χ2n) is 24.0. The summed E-state index contributed by atoms with van der Waals surface area (Å²) in [6, 6.07) is -2.49. The molecule has 0 aliphatic heterocycles. The van der Waals surface area contributed by atoms with Gasteiger partial charge < -0.3 is 41.3 Å². The highest BCUT2D eigenvalue weighted by Gasteiger charge is 2.26. The normalized spacial score (nSPS) is 12.8. The van der Waals surface area contributed by atoms with Crippen molar-refractivity contribution in [3.05, 3.63) is 270 Å². The Hall–Kier alpha value is -12.4. The lowest BCUT2D eigenvalue weighted by molar-refractivity contribution is 0.0891. The Morgan fingerprint density at radius 2 is 0.656 bits per heavy atom. The van der Waals surface area contributed by atoms with Gasteiger partial charge in [-0.05, 0) is 69.2 Å². The highest BCUT2D eigenvalue weighted by atomic mass is 32.3. The maximum absolute atomic E-state index is 12.1. The van der Waals surface area contributed by atoms with Crippen molar-refractivity contribution >= 4 is 108 Å². The van der Waals surface area contributed by atoms with Gasteiger partial charge in [-0.1, -0.05) is 93.7 Å². The summed E-state index contributed by atoms with van der Waals surface area (Å²) in [5.41, 5.74) is -1.70. The van der Waals surface area contributed by atoms with Crippen molar-refractivity contribution < 1.29 is 98.8 Å². The molecule has 47 nitrogen and oxygen atoms in total. The van der Waals surface area contributed by atoms with E-state index in [-0.39, 0.29) is 75.7 Å². The molecule has 3 atom stereocenters. The van der Waals surface area contributed by atoms with Crippen LogP contribution in [0, 0.1) is 0 Å². The van der Waals surface area contributed by atoms with Crippen LogP contribution < -0.4 is 55.0 Å². The van der Waals surface area contributed by atoms with Crippen LogP contribution in [0.2, 0.25) is 0 Å². The van der Waals surface area contributed by atoms with Crippen molar-refractivity contribution in [2.45, 2.75) is 102 Å². The number of aryl methyl sites for hydroxylation is 1. The van der Waals surface area contributed by atoms with Crippen LogP contribution in [0.5, 0.6) is 0 Å². The molecule has 0 aliphatic rings. The molecule has 0 aromatic carbocycles. The van der Waals surface area contributed by atoms with E-state index in [0.29, 0.717) is 24.6 Å². The summed E-state index contributed by atoms with van der Waals surface area (Å²) in [7, 11) is -18.6. The Balaban J connectivity index is 0.000000801. The van der Waals surface area contributed by atoms with Gasteiger partial charge >= 0.3 is 95.0 Å². The lowest BCUT2D eigenvalue weighted by atomic mass is 10.6. The SMILES string of the molecule is C=CN(CCOP(=O)(O)OCCn1ccn(/C=C/C)c1=O)C(=O)N/C=C/C.C=CN(CCOS(=O)(=O)OCCn1ccn(/C=C/C)c1=O)C(=O)N/C=C/C.C=CN(CCS(=O)CCn1ccn(/C=C/C)c1=O)C(=O)N/C=C/C.C=CN(COP(=O)(O)OCn1ccn(/C=C/C)c1=O)C(=O)N/C=C/C.C=CN(COS(=O)(=O)OCn1ccn(/C=C/C)c1=O)C(=O)N/C=C/C. The van der Waals surface area contributed by atoms with Crippen molar-refractivity contribution in [3.63, 3.8) is 0 Å². The molecule has 5 aromatic heterocycles. The first-order chi connectivity index (χ1) is 60.9. The van der Waals surface area contributed by atoms with E-state index in [1.165, 1.54) is 139 Å². The van der Waals surface area contributed by atoms with E-state index in [2.05, 4.69) is 72.0 Å². The molecule has 3 unspecified atom stereocenters. The van der Waals surface area contributed by atoms with E-state index in [9.17, 15) is 87.9 Å². The maximum atomic E-state index is 12.1. The summed E-state index contributed by atoms with van der Waals surface area (Å²) in [5.74, 6) is 0.667. The molecule has 708 valence electrons. The molecule has 52 heteroatoms. The summed E-state index contributed by atoms with van der Waals surface area (Å²) >= 11 is 0. The van der Waals surface area contributed by atoms with E-state index in [4.69, 9.17) is 22.3 Å². The molecule has 0 fully saturated rings. The number of imidazole rings is 5. The lowest BCUT2D eigenvalue weighted by Gasteiger charge is -2.19. The van der Waals surface area contributed by atoms with E-state index < -0.39 is 110 Å². The largest absolute Gasteiger partial charge is 0.475 e. The fourth-order valence-electron chi connectivity index (χ4n) is 8.76. The highest BCUT2D eigenvalue weighted by molar-refractivity contribution is 7.85. The van der Waals surface area contributed by atoms with Crippen molar-refractivity contribution in [2.75, 3.05) is 71.0 Å². The van der Waals surface area contributed by atoms with Gasteiger partial charge in [-0.3, -0.25) is 87.6 Å². The molecule has 0 saturated heterocycles. The molecule has 5 heterocycles. The fraction of sp³-hybridized carbons (Fsp3) is 0.342. The highest BCUT2D eigenvalue weighted by Crippen LogP contribution is 2.44. The Morgan fingerprint density at radius 1 is 0.359 bits per heavy atom. The van der Waals surface area contributed by atoms with Crippen LogP contribution >= 0.6 is 15.6 Å². The van der Waals surface area contributed by atoms with Crippen molar-refractivity contribution in [1.82, 2.24) is 96.8 Å². The first kappa shape index (κ1) is 114. The van der Waals surface area contributed by atoms with Crippen LogP contribution in [0.25, 0.3) is 31.0 Å². The predicted octanol–water partition coefficient (Wildman–Crippen LogP) is 7.55. The number of aromatic nitrogens is 10. The van der Waals surface area contributed by atoms with Gasteiger partial charge in [0.15, 0.2) is 0 Å². The standard InChI is InChI=1S/C16H25N4O6P.C16H24N4O6S.C16H24N4O3S.C14H21N4O6P.C14H20N4O6S/c2*1-4-7-17-15(21)18(6-3)11-13-25-27(23,24)26-14-12-20-10-9-19(8-5-2)16(20)22;1-4-7-17-15(21)18(6-3)11-13-24(23)14-12-20-10-9-19(8-5-2)16(20)22;2*1-4-7-15-13(19)16(6-3)11-23-25(21,22)24-12-18-10-9-17(8-5-2)14(18)20/h4-10H,3,11-14H2,1-2H3,(H,17,21)(H,23,24);4-10H,3,11-14H2,1-2H3,(H,17,21);4-10H,3,11-14H2,1-2H3,(H,17,21);4-10H,3,11-12H2,1-2H3,(H,15,19)(H,21,22);4-10H,3,11-12H2,1-2H3,(H,15,19)/b5*7-4+,8-5+. The number of phosphoric ester groups is 2. The Morgan fingerprint density at radius 3 is 1.03 bits per heavy atom. The average Bonchev–Trinajstić information content (AvgIpc) is 1.74. The first-order valence-corrected chi connectivity index (χ1v) is 45.3. The number of hydrogen-bond acceptors (Lipinski definition) is 25. The number of allylic oxidation sites excluding steroid dienone is 10. The average molecular weight is 1900 g/mol. The van der Waals surface area contributed by atoms with Gasteiger partial charge in [0.05, 0.1) is 52.6 Å². The molecular formula is C76H114N20O27P2S3. The topological polar surface area (TPSA) is 530 Å². The minimum Gasteiger partial charge on any atom is -0.315 e. The van der Waals surface area contributed by atoms with Crippen LogP contribution in [0.4, 0.5) is 24.0 Å². The zero-order chi connectivity index (χ0) is 96.3. The number of nitrogens with one attached hydrogen (secondary N) is 5. The predicted molar refractivity (Wildman–Crippen MR) is 483 cm³/mol. The van der Waals surface area contributed by atoms with Crippen molar-refractivity contribution in [2.24, 2.45) is 0 Å². The van der Waals surface area contributed by atoms with Gasteiger partial charge in [0, 0.05) is 190 Å². The third kappa shape index (κ3) is 44.7. The third-order valence-corrected chi connectivity index (χ3v) is 19.9. The first-order valence-electron chi connectivity index (χ1n) is 38.1. The van der Waals surface area contributed by atoms with Crippen LogP contribution in [0.3, 0.4) is 0 Å². The Kier molecular flexibility index (Phi) is 55.6. The molecule has 0 radical (unpaired) electrons. The molecule has 0 bridgehead atoms. The molecule has 5 aromatic rings. The Labute approximate surface area is 743 Å². The summed E-state index contributed by atoms with van der Waals surface area (Å²) < 4.78 is 133. The van der Waals surface area contributed by atoms with E-state index in [1.807, 2.05) is 6.92 Å². The number of hydrogen-bond donors (Lipinski definition) is 7. The smallest absolute Gasteiger partial charge is 0.315 e.